The molecule has 1 fully saturated rings. The molecular formula is C20H25N7O2S. The second-order valence-corrected chi connectivity index (χ2v) is 8.49. The van der Waals surface area contributed by atoms with Crippen LogP contribution in [0.1, 0.15) is 43.8 Å². The maximum absolute atomic E-state index is 12.9. The highest BCUT2D eigenvalue weighted by molar-refractivity contribution is 7.99. The molecule has 0 unspecified atom stereocenters. The van der Waals surface area contributed by atoms with E-state index in [0.717, 1.165) is 23.7 Å². The van der Waals surface area contributed by atoms with Crippen molar-refractivity contribution in [1.82, 2.24) is 29.6 Å². The van der Waals surface area contributed by atoms with E-state index in [9.17, 15) is 9.59 Å². The molecule has 0 aliphatic heterocycles. The zero-order valence-electron chi connectivity index (χ0n) is 17.1. The zero-order valence-corrected chi connectivity index (χ0v) is 17.9. The summed E-state index contributed by atoms with van der Waals surface area (Å²) in [6, 6.07) is 9.72. The Balaban J connectivity index is 1.39. The number of rotatable bonds is 7. The molecule has 10 heteroatoms. The van der Waals surface area contributed by atoms with Crippen molar-refractivity contribution < 1.29 is 4.79 Å². The van der Waals surface area contributed by atoms with Crippen molar-refractivity contribution in [3.8, 4) is 5.69 Å². The Kier molecular flexibility index (Phi) is 6.03. The number of aromatic nitrogens is 6. The lowest BCUT2D eigenvalue weighted by atomic mass is 10.3. The van der Waals surface area contributed by atoms with Gasteiger partial charge in [-0.15, -0.1) is 5.10 Å². The lowest BCUT2D eigenvalue weighted by molar-refractivity contribution is -0.115. The number of thioether (sulfide) groups is 1. The molecule has 0 saturated heterocycles. The Bertz CT molecular complexity index is 1080. The highest BCUT2D eigenvalue weighted by atomic mass is 32.2. The molecule has 1 aliphatic rings. The molecule has 1 aliphatic carbocycles. The van der Waals surface area contributed by atoms with E-state index in [0.29, 0.717) is 23.2 Å². The van der Waals surface area contributed by atoms with Crippen molar-refractivity contribution in [2.75, 3.05) is 11.1 Å². The van der Waals surface area contributed by atoms with Gasteiger partial charge in [-0.25, -0.2) is 9.36 Å². The van der Waals surface area contributed by atoms with E-state index in [1.807, 2.05) is 41.9 Å². The van der Waals surface area contributed by atoms with E-state index in [4.69, 9.17) is 0 Å². The van der Waals surface area contributed by atoms with Gasteiger partial charge in [-0.2, -0.15) is 0 Å². The summed E-state index contributed by atoms with van der Waals surface area (Å²) < 4.78 is 5.18. The summed E-state index contributed by atoms with van der Waals surface area (Å²) >= 11 is 1.47. The summed E-state index contributed by atoms with van der Waals surface area (Å²) in [5.41, 5.74) is 1.53. The maximum atomic E-state index is 12.9. The van der Waals surface area contributed by atoms with Crippen LogP contribution in [0.4, 0.5) is 5.69 Å². The molecule has 0 atom stereocenters. The smallest absolute Gasteiger partial charge is 0.295 e. The third kappa shape index (κ3) is 4.04. The van der Waals surface area contributed by atoms with Crippen LogP contribution in [0.3, 0.4) is 0 Å². The number of carbonyl (C=O) groups excluding carboxylic acids is 1. The number of carbonyl (C=O) groups is 1. The Labute approximate surface area is 178 Å². The van der Waals surface area contributed by atoms with Crippen LogP contribution in [0.5, 0.6) is 0 Å². The summed E-state index contributed by atoms with van der Waals surface area (Å²) in [4.78, 5) is 25.4. The molecule has 9 nitrogen and oxygen atoms in total. The molecule has 4 rings (SSSR count). The number of benzene rings is 1. The largest absolute Gasteiger partial charge is 0.320 e. The number of hydrogen-bond donors (Lipinski definition) is 1. The Hall–Kier alpha value is -2.88. The van der Waals surface area contributed by atoms with Crippen LogP contribution < -0.4 is 10.9 Å². The minimum Gasteiger partial charge on any atom is -0.320 e. The number of nitrogens with zero attached hydrogens (tertiary/aromatic N) is 6. The molecule has 1 saturated carbocycles. The topological polar surface area (TPSA) is 99.6 Å². The molecule has 0 radical (unpaired) electrons. The van der Waals surface area contributed by atoms with E-state index in [2.05, 4.69) is 20.8 Å². The Morgan fingerprint density at radius 2 is 1.97 bits per heavy atom. The minimum atomic E-state index is -0.243. The zero-order chi connectivity index (χ0) is 21.1. The van der Waals surface area contributed by atoms with Gasteiger partial charge in [0.05, 0.1) is 17.4 Å². The van der Waals surface area contributed by atoms with Gasteiger partial charge in [0.2, 0.25) is 11.1 Å². The van der Waals surface area contributed by atoms with E-state index in [-0.39, 0.29) is 17.9 Å². The molecule has 3 aromatic rings. The van der Waals surface area contributed by atoms with Gasteiger partial charge in [0.25, 0.3) is 5.56 Å². The van der Waals surface area contributed by atoms with Gasteiger partial charge in [0, 0.05) is 19.2 Å². The van der Waals surface area contributed by atoms with Crippen LogP contribution in [-0.4, -0.2) is 41.2 Å². The van der Waals surface area contributed by atoms with Crippen molar-refractivity contribution in [1.29, 1.82) is 0 Å². The van der Waals surface area contributed by atoms with Gasteiger partial charge in [0.1, 0.15) is 5.69 Å². The molecule has 2 aromatic heterocycles. The number of para-hydroxylation sites is 1. The number of nitrogens with one attached hydrogen (secondary N) is 1. The molecule has 2 heterocycles. The van der Waals surface area contributed by atoms with Crippen LogP contribution in [0.2, 0.25) is 0 Å². The predicted octanol–water partition coefficient (Wildman–Crippen LogP) is 2.71. The van der Waals surface area contributed by atoms with Crippen molar-refractivity contribution in [3.05, 3.63) is 46.4 Å². The van der Waals surface area contributed by atoms with Crippen molar-refractivity contribution in [3.63, 3.8) is 0 Å². The summed E-state index contributed by atoms with van der Waals surface area (Å²) in [5, 5.41) is 15.5. The van der Waals surface area contributed by atoms with Crippen LogP contribution in [0.25, 0.3) is 5.69 Å². The Morgan fingerprint density at radius 3 is 2.70 bits per heavy atom. The minimum absolute atomic E-state index is 0.201. The number of amides is 1. The summed E-state index contributed by atoms with van der Waals surface area (Å²) in [5.74, 6) is 0.339. The fraction of sp³-hybridized carbons (Fsp3) is 0.450. The van der Waals surface area contributed by atoms with E-state index in [1.165, 1.54) is 24.6 Å². The molecule has 1 N–H and O–H groups in total. The van der Waals surface area contributed by atoms with Crippen molar-refractivity contribution in [2.24, 2.45) is 7.05 Å². The van der Waals surface area contributed by atoms with Crippen LogP contribution in [-0.2, 0) is 11.8 Å². The summed E-state index contributed by atoms with van der Waals surface area (Å²) in [7, 11) is 1.80. The van der Waals surface area contributed by atoms with Crippen molar-refractivity contribution >= 4 is 23.4 Å². The van der Waals surface area contributed by atoms with Crippen LogP contribution in [0.15, 0.2) is 40.3 Å². The van der Waals surface area contributed by atoms with Gasteiger partial charge in [-0.3, -0.25) is 14.3 Å². The van der Waals surface area contributed by atoms with Gasteiger partial charge in [-0.1, -0.05) is 42.8 Å². The second-order valence-electron chi connectivity index (χ2n) is 7.43. The van der Waals surface area contributed by atoms with Gasteiger partial charge in [0.15, 0.2) is 0 Å². The molecule has 158 valence electrons. The lowest BCUT2D eigenvalue weighted by Crippen LogP contribution is -2.23. The van der Waals surface area contributed by atoms with Crippen LogP contribution in [0, 0.1) is 6.92 Å². The first-order valence-corrected chi connectivity index (χ1v) is 11.1. The predicted molar refractivity (Wildman–Crippen MR) is 115 cm³/mol. The third-order valence-corrected chi connectivity index (χ3v) is 6.45. The number of anilines is 1. The first-order chi connectivity index (χ1) is 14.6. The second kappa shape index (κ2) is 8.86. The normalized spacial score (nSPS) is 14.3. The first kappa shape index (κ1) is 20.4. The molecule has 30 heavy (non-hydrogen) atoms. The van der Waals surface area contributed by atoms with Gasteiger partial charge >= 0.3 is 0 Å². The summed E-state index contributed by atoms with van der Waals surface area (Å²) in [6.07, 6.45) is 4.86. The number of tetrazole rings is 1. The fourth-order valence-corrected chi connectivity index (χ4v) is 4.69. The van der Waals surface area contributed by atoms with Crippen molar-refractivity contribution in [2.45, 2.75) is 50.2 Å². The average molecular weight is 428 g/mol. The highest BCUT2D eigenvalue weighted by Crippen LogP contribution is 2.31. The van der Waals surface area contributed by atoms with E-state index < -0.39 is 0 Å². The quantitative estimate of drug-likeness (QED) is 0.582. The highest BCUT2D eigenvalue weighted by Gasteiger charge is 2.22. The summed E-state index contributed by atoms with van der Waals surface area (Å²) in [6.45, 7) is 1.82. The molecule has 1 amide bonds. The molecule has 0 bridgehead atoms. The van der Waals surface area contributed by atoms with E-state index in [1.54, 1.807) is 16.4 Å². The van der Waals surface area contributed by atoms with E-state index >= 15 is 0 Å². The van der Waals surface area contributed by atoms with Gasteiger partial charge in [-0.05, 0) is 42.3 Å². The molecule has 0 spiro atoms. The maximum Gasteiger partial charge on any atom is 0.295 e. The van der Waals surface area contributed by atoms with Gasteiger partial charge < -0.3 is 5.32 Å². The fourth-order valence-electron chi connectivity index (χ4n) is 3.81. The first-order valence-electron chi connectivity index (χ1n) is 10.1. The third-order valence-electron chi connectivity index (χ3n) is 5.51. The SMILES string of the molecule is Cc1c(NC(=O)CCSc2nnnn2C2CCCC2)c(=O)n(-c2ccccc2)n1C. The number of hydrogen-bond acceptors (Lipinski definition) is 6. The van der Waals surface area contributed by atoms with Crippen LogP contribution >= 0.6 is 11.8 Å². The molecular weight excluding hydrogens is 402 g/mol. The monoisotopic (exact) mass is 427 g/mol. The average Bonchev–Trinajstić information content (AvgIpc) is 3.47. The Morgan fingerprint density at radius 1 is 1.23 bits per heavy atom. The standard InChI is InChI=1S/C20H25N7O2S/c1-14-18(19(29)27(25(14)2)16-10-4-3-5-11-16)21-17(28)12-13-30-20-22-23-24-26(20)15-8-6-7-9-15/h3-5,10-11,15H,6-9,12-13H2,1-2H3,(H,21,28). The lowest BCUT2D eigenvalue weighted by Gasteiger charge is -2.10. The molecule has 1 aromatic carbocycles.